The van der Waals surface area contributed by atoms with Crippen molar-refractivity contribution in [1.82, 2.24) is 9.97 Å². The highest BCUT2D eigenvalue weighted by atomic mass is 35.5. The Bertz CT molecular complexity index is 977. The number of imidazole rings is 1. The van der Waals surface area contributed by atoms with Crippen LogP contribution in [0.2, 0.25) is 10.0 Å². The summed E-state index contributed by atoms with van der Waals surface area (Å²) in [6.45, 7) is 0. The van der Waals surface area contributed by atoms with Gasteiger partial charge in [0.25, 0.3) is 5.69 Å². The van der Waals surface area contributed by atoms with E-state index in [-0.39, 0.29) is 22.4 Å². The van der Waals surface area contributed by atoms with Crippen molar-refractivity contribution in [3.63, 3.8) is 0 Å². The monoisotopic (exact) mass is 396 g/mol. The van der Waals surface area contributed by atoms with Crippen LogP contribution in [0.25, 0.3) is 11.0 Å². The number of hydrogen-bond donors (Lipinski definition) is 2. The highest BCUT2D eigenvalue weighted by Crippen LogP contribution is 2.27. The minimum absolute atomic E-state index is 0.0123. The van der Waals surface area contributed by atoms with Crippen LogP contribution in [-0.2, 0) is 4.79 Å². The molecule has 1 heterocycles. The normalized spacial score (nSPS) is 10.8. The van der Waals surface area contributed by atoms with Crippen LogP contribution in [0.1, 0.15) is 0 Å². The van der Waals surface area contributed by atoms with E-state index in [9.17, 15) is 14.9 Å². The number of nitrogens with zero attached hydrogens (tertiary/aromatic N) is 2. The molecule has 7 nitrogen and oxygen atoms in total. The maximum Gasteiger partial charge on any atom is 0.289 e. The Balaban J connectivity index is 1.64. The summed E-state index contributed by atoms with van der Waals surface area (Å²) in [5.41, 5.74) is 1.57. The summed E-state index contributed by atoms with van der Waals surface area (Å²) < 4.78 is 0. The van der Waals surface area contributed by atoms with Crippen molar-refractivity contribution in [2.24, 2.45) is 0 Å². The molecule has 0 atom stereocenters. The van der Waals surface area contributed by atoms with Crippen LogP contribution >= 0.6 is 35.0 Å². The molecule has 3 aromatic rings. The number of rotatable bonds is 5. The van der Waals surface area contributed by atoms with E-state index in [0.717, 1.165) is 11.0 Å². The lowest BCUT2D eigenvalue weighted by Gasteiger charge is -2.05. The number of carbonyl (C=O) groups excluding carboxylic acids is 1. The minimum Gasteiger partial charge on any atom is -0.333 e. The van der Waals surface area contributed by atoms with Crippen molar-refractivity contribution in [1.29, 1.82) is 0 Å². The first-order valence-electron chi connectivity index (χ1n) is 6.94. The van der Waals surface area contributed by atoms with Gasteiger partial charge in [-0.2, -0.15) is 0 Å². The average molecular weight is 397 g/mol. The molecule has 2 N–H and O–H groups in total. The Hall–Kier alpha value is -2.29. The van der Waals surface area contributed by atoms with Gasteiger partial charge in [-0.3, -0.25) is 14.9 Å². The number of thioether (sulfide) groups is 1. The SMILES string of the molecule is O=C(CSc1nc2ccc(Cl)cc2[nH]1)Nc1ccc(Cl)c([N+](=O)[O-])c1. The van der Waals surface area contributed by atoms with Gasteiger partial charge in [-0.1, -0.05) is 35.0 Å². The number of benzene rings is 2. The van der Waals surface area contributed by atoms with Crippen LogP contribution in [0.4, 0.5) is 11.4 Å². The van der Waals surface area contributed by atoms with Crippen LogP contribution < -0.4 is 5.32 Å². The Morgan fingerprint density at radius 2 is 2.08 bits per heavy atom. The summed E-state index contributed by atoms with van der Waals surface area (Å²) in [6.07, 6.45) is 0. The molecule has 0 saturated heterocycles. The van der Waals surface area contributed by atoms with Gasteiger partial charge in [0.15, 0.2) is 5.16 Å². The lowest BCUT2D eigenvalue weighted by Crippen LogP contribution is -2.14. The zero-order chi connectivity index (χ0) is 18.0. The number of amides is 1. The second-order valence-electron chi connectivity index (χ2n) is 4.96. The number of hydrogen-bond acceptors (Lipinski definition) is 5. The number of nitro benzene ring substituents is 1. The van der Waals surface area contributed by atoms with Gasteiger partial charge in [0.2, 0.25) is 5.91 Å². The zero-order valence-electron chi connectivity index (χ0n) is 12.5. The third kappa shape index (κ3) is 4.22. The third-order valence-corrected chi connectivity index (χ3v) is 4.62. The Labute approximate surface area is 155 Å². The van der Waals surface area contributed by atoms with Gasteiger partial charge >= 0.3 is 0 Å². The van der Waals surface area contributed by atoms with E-state index in [4.69, 9.17) is 23.2 Å². The van der Waals surface area contributed by atoms with E-state index >= 15 is 0 Å². The predicted molar refractivity (Wildman–Crippen MR) is 98.6 cm³/mol. The quantitative estimate of drug-likeness (QED) is 0.375. The van der Waals surface area contributed by atoms with E-state index in [1.54, 1.807) is 18.2 Å². The predicted octanol–water partition coefficient (Wildman–Crippen LogP) is 4.51. The first kappa shape index (κ1) is 17.5. The lowest BCUT2D eigenvalue weighted by atomic mass is 10.3. The van der Waals surface area contributed by atoms with Crippen molar-refractivity contribution >= 4 is 63.3 Å². The fraction of sp³-hybridized carbons (Fsp3) is 0.0667. The van der Waals surface area contributed by atoms with Crippen LogP contribution in [0, 0.1) is 10.1 Å². The molecule has 0 fully saturated rings. The van der Waals surface area contributed by atoms with Crippen molar-refractivity contribution in [2.75, 3.05) is 11.1 Å². The molecule has 25 heavy (non-hydrogen) atoms. The van der Waals surface area contributed by atoms with Crippen LogP contribution in [-0.4, -0.2) is 26.6 Å². The molecule has 10 heteroatoms. The fourth-order valence-electron chi connectivity index (χ4n) is 2.09. The van der Waals surface area contributed by atoms with E-state index in [1.807, 2.05) is 0 Å². The van der Waals surface area contributed by atoms with E-state index in [2.05, 4.69) is 15.3 Å². The molecule has 2 aromatic carbocycles. The van der Waals surface area contributed by atoms with Gasteiger partial charge in [0.05, 0.1) is 21.7 Å². The smallest absolute Gasteiger partial charge is 0.289 e. The lowest BCUT2D eigenvalue weighted by molar-refractivity contribution is -0.384. The number of nitro groups is 1. The van der Waals surface area contributed by atoms with Gasteiger partial charge in [-0.25, -0.2) is 4.98 Å². The summed E-state index contributed by atoms with van der Waals surface area (Å²) >= 11 is 12.9. The highest BCUT2D eigenvalue weighted by Gasteiger charge is 2.14. The average Bonchev–Trinajstić information content (AvgIpc) is 2.96. The third-order valence-electron chi connectivity index (χ3n) is 3.19. The Kier molecular flexibility index (Phi) is 5.12. The summed E-state index contributed by atoms with van der Waals surface area (Å²) in [7, 11) is 0. The number of fused-ring (bicyclic) bond motifs is 1. The number of aromatic nitrogens is 2. The molecular weight excluding hydrogens is 387 g/mol. The van der Waals surface area contributed by atoms with Gasteiger partial charge in [-0.15, -0.1) is 0 Å². The molecule has 0 aliphatic rings. The topological polar surface area (TPSA) is 101 Å². The van der Waals surface area contributed by atoms with Crippen LogP contribution in [0.5, 0.6) is 0 Å². The van der Waals surface area contributed by atoms with Crippen molar-refractivity contribution < 1.29 is 9.72 Å². The van der Waals surface area contributed by atoms with E-state index in [0.29, 0.717) is 15.9 Å². The number of nitrogens with one attached hydrogen (secondary N) is 2. The Morgan fingerprint density at radius 3 is 2.84 bits per heavy atom. The molecule has 128 valence electrons. The van der Waals surface area contributed by atoms with Crippen molar-refractivity contribution in [3.8, 4) is 0 Å². The van der Waals surface area contributed by atoms with E-state index < -0.39 is 4.92 Å². The van der Waals surface area contributed by atoms with Gasteiger partial charge in [0.1, 0.15) is 5.02 Å². The second kappa shape index (κ2) is 7.30. The maximum atomic E-state index is 12.0. The molecule has 0 saturated carbocycles. The Morgan fingerprint density at radius 1 is 1.28 bits per heavy atom. The van der Waals surface area contributed by atoms with Crippen LogP contribution in [0.3, 0.4) is 0 Å². The standard InChI is InChI=1S/C15H10Cl2N4O3S/c16-8-1-4-11-12(5-8)20-15(19-11)25-7-14(22)18-9-2-3-10(17)13(6-9)21(23)24/h1-6H,7H2,(H,18,22)(H,19,20). The molecule has 0 radical (unpaired) electrons. The number of anilines is 1. The number of halogens is 2. The zero-order valence-corrected chi connectivity index (χ0v) is 14.8. The molecule has 0 aliphatic carbocycles. The van der Waals surface area contributed by atoms with Gasteiger partial charge < -0.3 is 10.3 Å². The van der Waals surface area contributed by atoms with Crippen molar-refractivity contribution in [3.05, 3.63) is 56.6 Å². The summed E-state index contributed by atoms with van der Waals surface area (Å²) in [6, 6.07) is 9.35. The molecule has 1 aromatic heterocycles. The molecule has 3 rings (SSSR count). The fourth-order valence-corrected chi connectivity index (χ4v) is 3.13. The maximum absolute atomic E-state index is 12.0. The summed E-state index contributed by atoms with van der Waals surface area (Å²) in [5, 5.41) is 14.6. The highest BCUT2D eigenvalue weighted by molar-refractivity contribution is 7.99. The van der Waals surface area contributed by atoms with Crippen molar-refractivity contribution in [2.45, 2.75) is 5.16 Å². The van der Waals surface area contributed by atoms with Gasteiger partial charge in [0, 0.05) is 16.8 Å². The summed E-state index contributed by atoms with van der Waals surface area (Å²) in [4.78, 5) is 29.7. The molecule has 0 spiro atoms. The molecule has 0 aliphatic heterocycles. The summed E-state index contributed by atoms with van der Waals surface area (Å²) in [5.74, 6) is -0.232. The number of H-pyrrole nitrogens is 1. The molecule has 1 amide bonds. The van der Waals surface area contributed by atoms with Gasteiger partial charge in [-0.05, 0) is 30.3 Å². The second-order valence-corrected chi connectivity index (χ2v) is 6.77. The molecule has 0 unspecified atom stereocenters. The van der Waals surface area contributed by atoms with E-state index in [1.165, 1.54) is 30.0 Å². The number of aromatic amines is 1. The molecular formula is C15H10Cl2N4O3S. The largest absolute Gasteiger partial charge is 0.333 e. The first-order valence-corrected chi connectivity index (χ1v) is 8.68. The molecule has 0 bridgehead atoms. The number of carbonyl (C=O) groups is 1. The first-order chi connectivity index (χ1) is 11.9. The minimum atomic E-state index is -0.605. The van der Waals surface area contributed by atoms with Crippen LogP contribution in [0.15, 0.2) is 41.6 Å².